The number of aromatic nitrogens is 1. The second-order valence-electron chi connectivity index (χ2n) is 5.05. The van der Waals surface area contributed by atoms with Crippen LogP contribution >= 0.6 is 0 Å². The highest BCUT2D eigenvalue weighted by Gasteiger charge is 2.10. The van der Waals surface area contributed by atoms with Crippen molar-refractivity contribution in [1.29, 1.82) is 0 Å². The Bertz CT molecular complexity index is 495. The van der Waals surface area contributed by atoms with Crippen molar-refractivity contribution >= 4 is 10.9 Å². The van der Waals surface area contributed by atoms with Crippen LogP contribution in [0.4, 0.5) is 0 Å². The third-order valence-electron chi connectivity index (χ3n) is 3.89. The summed E-state index contributed by atoms with van der Waals surface area (Å²) in [4.78, 5) is 0. The van der Waals surface area contributed by atoms with Gasteiger partial charge in [0.2, 0.25) is 0 Å². The van der Waals surface area contributed by atoms with Crippen LogP contribution in [0, 0.1) is 5.92 Å². The van der Waals surface area contributed by atoms with Crippen molar-refractivity contribution < 1.29 is 0 Å². The number of nitrogens with two attached hydrogens (primary N) is 1. The Hall–Kier alpha value is -1.28. The van der Waals surface area contributed by atoms with E-state index in [1.165, 1.54) is 29.3 Å². The number of fused-ring (bicyclic) bond motifs is 1. The fourth-order valence-electron chi connectivity index (χ4n) is 2.65. The molecule has 2 aromatic rings. The number of benzene rings is 1. The van der Waals surface area contributed by atoms with Crippen LogP contribution < -0.4 is 5.73 Å². The molecule has 0 saturated heterocycles. The maximum absolute atomic E-state index is 5.71. The van der Waals surface area contributed by atoms with E-state index >= 15 is 0 Å². The summed E-state index contributed by atoms with van der Waals surface area (Å²) in [7, 11) is 0. The van der Waals surface area contributed by atoms with E-state index in [1.54, 1.807) is 0 Å². The van der Waals surface area contributed by atoms with E-state index in [0.717, 1.165) is 25.4 Å². The SMILES string of the molecule is CCC(CC)Cn1cc(CCN)c2ccccc21. The second kappa shape index (κ2) is 6.05. The summed E-state index contributed by atoms with van der Waals surface area (Å²) in [5.74, 6) is 0.770. The van der Waals surface area contributed by atoms with Gasteiger partial charge < -0.3 is 10.3 Å². The highest BCUT2D eigenvalue weighted by Crippen LogP contribution is 2.23. The molecule has 2 N–H and O–H groups in total. The van der Waals surface area contributed by atoms with Crippen molar-refractivity contribution in [2.24, 2.45) is 11.7 Å². The molecule has 1 heterocycles. The maximum atomic E-state index is 5.71. The molecule has 0 fully saturated rings. The Labute approximate surface area is 110 Å². The fraction of sp³-hybridized carbons (Fsp3) is 0.500. The Kier molecular flexibility index (Phi) is 4.43. The van der Waals surface area contributed by atoms with E-state index in [4.69, 9.17) is 5.73 Å². The van der Waals surface area contributed by atoms with Gasteiger partial charge in [0.15, 0.2) is 0 Å². The Morgan fingerprint density at radius 1 is 1.17 bits per heavy atom. The van der Waals surface area contributed by atoms with Crippen LogP contribution in [0.2, 0.25) is 0 Å². The van der Waals surface area contributed by atoms with E-state index in [1.807, 2.05) is 0 Å². The first kappa shape index (κ1) is 13.2. The van der Waals surface area contributed by atoms with Gasteiger partial charge in [0.05, 0.1) is 0 Å². The number of nitrogens with zero attached hydrogens (tertiary/aromatic N) is 1. The minimum absolute atomic E-state index is 0.721. The van der Waals surface area contributed by atoms with Crippen molar-refractivity contribution in [2.45, 2.75) is 39.7 Å². The molecule has 0 bridgehead atoms. The second-order valence-corrected chi connectivity index (χ2v) is 5.05. The number of rotatable bonds is 6. The van der Waals surface area contributed by atoms with Gasteiger partial charge in [-0.3, -0.25) is 0 Å². The van der Waals surface area contributed by atoms with Crippen LogP contribution in [-0.2, 0) is 13.0 Å². The third-order valence-corrected chi connectivity index (χ3v) is 3.89. The Morgan fingerprint density at radius 3 is 2.56 bits per heavy atom. The first-order valence-electron chi connectivity index (χ1n) is 7.06. The predicted octanol–water partition coefficient (Wildman–Crippen LogP) is 3.58. The lowest BCUT2D eigenvalue weighted by Gasteiger charge is -2.14. The normalized spacial score (nSPS) is 11.6. The van der Waals surface area contributed by atoms with Crippen molar-refractivity contribution in [3.05, 3.63) is 36.0 Å². The van der Waals surface area contributed by atoms with Crippen molar-refractivity contribution in [2.75, 3.05) is 6.54 Å². The zero-order valence-electron chi connectivity index (χ0n) is 11.5. The van der Waals surface area contributed by atoms with E-state index in [2.05, 4.69) is 48.9 Å². The molecule has 18 heavy (non-hydrogen) atoms. The molecule has 0 aliphatic rings. The van der Waals surface area contributed by atoms with Crippen molar-refractivity contribution in [1.82, 2.24) is 4.57 Å². The highest BCUT2D eigenvalue weighted by atomic mass is 15.0. The maximum Gasteiger partial charge on any atom is 0.0483 e. The summed E-state index contributed by atoms with van der Waals surface area (Å²) in [6.45, 7) is 6.40. The molecular formula is C16H24N2. The molecule has 98 valence electrons. The molecule has 2 nitrogen and oxygen atoms in total. The first-order valence-corrected chi connectivity index (χ1v) is 7.06. The standard InChI is InChI=1S/C16H24N2/c1-3-13(4-2)11-18-12-14(9-10-17)15-7-5-6-8-16(15)18/h5-8,12-13H,3-4,9-11,17H2,1-2H3. The molecule has 2 heteroatoms. The minimum atomic E-state index is 0.721. The molecular weight excluding hydrogens is 220 g/mol. The number of hydrogen-bond acceptors (Lipinski definition) is 1. The monoisotopic (exact) mass is 244 g/mol. The van der Waals surface area contributed by atoms with Crippen molar-refractivity contribution in [3.8, 4) is 0 Å². The van der Waals surface area contributed by atoms with Gasteiger partial charge in [-0.2, -0.15) is 0 Å². The molecule has 0 radical (unpaired) electrons. The minimum Gasteiger partial charge on any atom is -0.347 e. The van der Waals surface area contributed by atoms with E-state index in [0.29, 0.717) is 0 Å². The first-order chi connectivity index (χ1) is 8.80. The topological polar surface area (TPSA) is 30.9 Å². The number of hydrogen-bond donors (Lipinski definition) is 1. The van der Waals surface area contributed by atoms with Gasteiger partial charge in [0.25, 0.3) is 0 Å². The molecule has 0 aliphatic heterocycles. The van der Waals surface area contributed by atoms with Crippen LogP contribution in [0.3, 0.4) is 0 Å². The van der Waals surface area contributed by atoms with Gasteiger partial charge in [-0.1, -0.05) is 44.9 Å². The Balaban J connectivity index is 2.37. The largest absolute Gasteiger partial charge is 0.347 e. The lowest BCUT2D eigenvalue weighted by molar-refractivity contribution is 0.425. The fourth-order valence-corrected chi connectivity index (χ4v) is 2.65. The molecule has 0 aliphatic carbocycles. The predicted molar refractivity (Wildman–Crippen MR) is 78.8 cm³/mol. The van der Waals surface area contributed by atoms with Crippen LogP contribution in [0.5, 0.6) is 0 Å². The smallest absolute Gasteiger partial charge is 0.0483 e. The van der Waals surface area contributed by atoms with Gasteiger partial charge in [0, 0.05) is 23.6 Å². The van der Waals surface area contributed by atoms with Gasteiger partial charge in [-0.25, -0.2) is 0 Å². The van der Waals surface area contributed by atoms with E-state index in [9.17, 15) is 0 Å². The summed E-state index contributed by atoms with van der Waals surface area (Å²) in [6.07, 6.45) is 5.76. The zero-order chi connectivity index (χ0) is 13.0. The van der Waals surface area contributed by atoms with E-state index < -0.39 is 0 Å². The molecule has 1 aromatic heterocycles. The summed E-state index contributed by atoms with van der Waals surface area (Å²) in [6, 6.07) is 8.67. The average molecular weight is 244 g/mol. The third kappa shape index (κ3) is 2.59. The molecule has 0 spiro atoms. The molecule has 2 rings (SSSR count). The van der Waals surface area contributed by atoms with Gasteiger partial charge in [-0.05, 0) is 30.5 Å². The van der Waals surface area contributed by atoms with Crippen molar-refractivity contribution in [3.63, 3.8) is 0 Å². The lowest BCUT2D eigenvalue weighted by Crippen LogP contribution is -2.08. The van der Waals surface area contributed by atoms with Crippen LogP contribution in [0.15, 0.2) is 30.5 Å². The van der Waals surface area contributed by atoms with Gasteiger partial charge >= 0.3 is 0 Å². The summed E-state index contributed by atoms with van der Waals surface area (Å²) in [5, 5.41) is 1.37. The van der Waals surface area contributed by atoms with Gasteiger partial charge in [0.1, 0.15) is 0 Å². The van der Waals surface area contributed by atoms with Crippen LogP contribution in [0.1, 0.15) is 32.3 Å². The summed E-state index contributed by atoms with van der Waals surface area (Å²) < 4.78 is 2.41. The van der Waals surface area contributed by atoms with Gasteiger partial charge in [-0.15, -0.1) is 0 Å². The highest BCUT2D eigenvalue weighted by molar-refractivity contribution is 5.84. The van der Waals surface area contributed by atoms with E-state index in [-0.39, 0.29) is 0 Å². The Morgan fingerprint density at radius 2 is 1.89 bits per heavy atom. The molecule has 0 atom stereocenters. The van der Waals surface area contributed by atoms with Crippen LogP contribution in [0.25, 0.3) is 10.9 Å². The molecule has 1 aromatic carbocycles. The average Bonchev–Trinajstić information content (AvgIpc) is 2.75. The van der Waals surface area contributed by atoms with Crippen LogP contribution in [-0.4, -0.2) is 11.1 Å². The molecule has 0 unspecified atom stereocenters. The quantitative estimate of drug-likeness (QED) is 0.827. The summed E-state index contributed by atoms with van der Waals surface area (Å²) >= 11 is 0. The molecule has 0 amide bonds. The number of para-hydroxylation sites is 1. The lowest BCUT2D eigenvalue weighted by atomic mass is 10.0. The summed E-state index contributed by atoms with van der Waals surface area (Å²) in [5.41, 5.74) is 8.45. The zero-order valence-corrected chi connectivity index (χ0v) is 11.5. The molecule has 0 saturated carbocycles.